The van der Waals surface area contributed by atoms with E-state index in [4.69, 9.17) is 16.3 Å². The summed E-state index contributed by atoms with van der Waals surface area (Å²) in [4.78, 5) is 39.5. The van der Waals surface area contributed by atoms with Crippen molar-refractivity contribution in [2.45, 2.75) is 97.5 Å². The predicted molar refractivity (Wildman–Crippen MR) is 247 cm³/mol. The summed E-state index contributed by atoms with van der Waals surface area (Å²) in [5, 5.41) is 26.6. The Morgan fingerprint density at radius 2 is 1.48 bits per heavy atom. The number of hydrogen-bond acceptors (Lipinski definition) is 7. The molecular weight excluding hydrogens is 800 g/mol. The fraction of sp³-hybridized carbons (Fsp3) is 0.471. The first-order valence-corrected chi connectivity index (χ1v) is 23.0. The Labute approximate surface area is 373 Å². The van der Waals surface area contributed by atoms with E-state index in [0.29, 0.717) is 52.7 Å². The second-order valence-corrected chi connectivity index (χ2v) is 17.7. The number of aromatic hydroxyl groups is 1. The number of carbonyl (C=O) groups excluding carboxylic acids is 3. The summed E-state index contributed by atoms with van der Waals surface area (Å²) >= 11 is 5.76. The molecule has 0 aromatic heterocycles. The van der Waals surface area contributed by atoms with Crippen LogP contribution in [0.15, 0.2) is 103 Å². The predicted octanol–water partition coefficient (Wildman–Crippen LogP) is 9.57. The Balaban J connectivity index is 0.000000156. The highest BCUT2D eigenvalue weighted by Crippen LogP contribution is 2.61. The van der Waals surface area contributed by atoms with E-state index in [1.54, 1.807) is 24.3 Å². The van der Waals surface area contributed by atoms with Gasteiger partial charge >= 0.3 is 0 Å². The molecule has 11 heteroatoms. The number of amides is 3. The molecule has 0 unspecified atom stereocenters. The van der Waals surface area contributed by atoms with Gasteiger partial charge in [-0.3, -0.25) is 14.4 Å². The average molecular weight is 866 g/mol. The molecule has 3 N–H and O–H groups in total. The van der Waals surface area contributed by atoms with E-state index in [1.807, 2.05) is 72.8 Å². The van der Waals surface area contributed by atoms with Gasteiger partial charge in [-0.25, -0.2) is 10.0 Å². The van der Waals surface area contributed by atoms with Crippen LogP contribution in [0.5, 0.6) is 11.5 Å². The number of carbonyl (C=O) groups is 3. The van der Waals surface area contributed by atoms with Crippen molar-refractivity contribution >= 4 is 40.7 Å². The van der Waals surface area contributed by atoms with E-state index in [-0.39, 0.29) is 35.8 Å². The summed E-state index contributed by atoms with van der Waals surface area (Å²) in [6.07, 6.45) is 9.21. The molecule has 0 radical (unpaired) electrons. The smallest absolute Gasteiger partial charge is 0.258 e. The van der Waals surface area contributed by atoms with E-state index < -0.39 is 5.92 Å². The number of halogens is 1. The maximum absolute atomic E-state index is 12.9. The summed E-state index contributed by atoms with van der Waals surface area (Å²) in [5.74, 6) is 2.15. The van der Waals surface area contributed by atoms with E-state index in [9.17, 15) is 24.6 Å². The van der Waals surface area contributed by atoms with E-state index >= 15 is 0 Å². The Hall–Kier alpha value is -4.90. The molecule has 3 amide bonds. The largest absolute Gasteiger partial charge is 0.508 e. The van der Waals surface area contributed by atoms with Gasteiger partial charge in [-0.15, -0.1) is 0 Å². The molecular formula is C51H65ClN4O6. The number of para-hydroxylation sites is 2. The number of nitrogens with zero attached hydrogens (tertiary/aromatic N) is 3. The quantitative estimate of drug-likeness (QED) is 0.115. The van der Waals surface area contributed by atoms with Crippen molar-refractivity contribution in [2.75, 3.05) is 42.8 Å². The van der Waals surface area contributed by atoms with Gasteiger partial charge in [-0.1, -0.05) is 94.6 Å². The molecule has 1 heterocycles. The first-order chi connectivity index (χ1) is 30.0. The SMILES string of the molecule is CCCCC1C(=O)N(c2ccccc2)N(c2ccccc2)C1=O.CCN(CC)CCNC(=O)COc1ccc(Cl)cc1.C[C@]12CC[C@@H]3c4ccc(O)cc4CC[C@H]3[C@@H]1CC[C@@H]2O. The third-order valence-electron chi connectivity index (χ3n) is 13.5. The van der Waals surface area contributed by atoms with Gasteiger partial charge in [-0.2, -0.15) is 0 Å². The first kappa shape index (κ1) is 46.6. The van der Waals surface area contributed by atoms with Crippen molar-refractivity contribution < 1.29 is 29.3 Å². The van der Waals surface area contributed by atoms with E-state index in [1.165, 1.54) is 40.4 Å². The number of aliphatic hydroxyl groups excluding tert-OH is 1. The number of ether oxygens (including phenoxy) is 1. The van der Waals surface area contributed by atoms with Gasteiger partial charge in [0.1, 0.15) is 17.4 Å². The summed E-state index contributed by atoms with van der Waals surface area (Å²) in [5.41, 5.74) is 4.42. The van der Waals surface area contributed by atoms with Crippen molar-refractivity contribution in [1.29, 1.82) is 0 Å². The molecule has 4 aliphatic rings. The normalized spacial score (nSPS) is 22.8. The number of benzene rings is 4. The van der Waals surface area contributed by atoms with Crippen molar-refractivity contribution in [1.82, 2.24) is 10.2 Å². The second-order valence-electron chi connectivity index (χ2n) is 17.2. The maximum atomic E-state index is 12.9. The zero-order chi connectivity index (χ0) is 44.2. The molecule has 5 atom stereocenters. The minimum absolute atomic E-state index is 0.0277. The molecule has 4 aromatic carbocycles. The summed E-state index contributed by atoms with van der Waals surface area (Å²) in [6.45, 7) is 12.1. The molecule has 0 spiro atoms. The van der Waals surface area contributed by atoms with Crippen LogP contribution in [-0.4, -0.2) is 71.7 Å². The topological polar surface area (TPSA) is 123 Å². The van der Waals surface area contributed by atoms with Crippen LogP contribution < -0.4 is 20.1 Å². The standard InChI is InChI=1S/C19H20N2O2.C18H24O2.C14H21ClN2O2/c1-2-3-14-17-18(22)20(15-10-6-4-7-11-15)21(19(17)23)16-12-8-5-9-13-16;1-18-9-8-14-13-5-3-12(19)10-11(13)2-4-15(14)16(18)6-7-17(18)20;1-3-17(4-2)10-9-16-14(18)11-19-13-7-5-12(15)6-8-13/h4-13,17H,2-3,14H2,1H3;3,5,10,14-17,19-20H,2,4,6-9H2,1H3;5-8H,3-4,9-11H2,1-2H3,(H,16,18)/t;14-,15-,16+,17+,18+;/m.1./s1. The number of phenols is 1. The van der Waals surface area contributed by atoms with Crippen LogP contribution in [0.2, 0.25) is 5.02 Å². The second kappa shape index (κ2) is 21.9. The monoisotopic (exact) mass is 864 g/mol. The number of hydrazine groups is 1. The summed E-state index contributed by atoms with van der Waals surface area (Å²) in [6, 6.07) is 31.6. The molecule has 2 saturated carbocycles. The van der Waals surface area contributed by atoms with Gasteiger partial charge in [0, 0.05) is 18.1 Å². The van der Waals surface area contributed by atoms with Crippen LogP contribution in [0.1, 0.15) is 96.1 Å². The Bertz CT molecular complexity index is 2010. The molecule has 3 fully saturated rings. The molecule has 1 aliphatic heterocycles. The lowest BCUT2D eigenvalue weighted by molar-refractivity contribution is -0.127. The van der Waals surface area contributed by atoms with Gasteiger partial charge < -0.3 is 25.2 Å². The van der Waals surface area contributed by atoms with Crippen LogP contribution in [0, 0.1) is 23.2 Å². The Morgan fingerprint density at radius 1 is 0.855 bits per heavy atom. The third kappa shape index (κ3) is 11.0. The molecule has 4 aromatic rings. The average Bonchev–Trinajstić information content (AvgIpc) is 3.74. The van der Waals surface area contributed by atoms with Crippen molar-refractivity contribution in [2.24, 2.45) is 23.2 Å². The highest BCUT2D eigenvalue weighted by Gasteiger charge is 2.54. The van der Waals surface area contributed by atoms with E-state index in [2.05, 4.69) is 44.0 Å². The molecule has 3 aliphatic carbocycles. The van der Waals surface area contributed by atoms with Crippen LogP contribution in [0.4, 0.5) is 11.4 Å². The fourth-order valence-electron chi connectivity index (χ4n) is 10.0. The highest BCUT2D eigenvalue weighted by molar-refractivity contribution is 6.30. The number of nitrogens with one attached hydrogen (secondary N) is 1. The molecule has 1 saturated heterocycles. The zero-order valence-electron chi connectivity index (χ0n) is 36.8. The van der Waals surface area contributed by atoms with Crippen LogP contribution >= 0.6 is 11.6 Å². The number of rotatable bonds is 13. The van der Waals surface area contributed by atoms with Gasteiger partial charge in [-0.05, 0) is 153 Å². The number of hydrogen-bond donors (Lipinski definition) is 3. The molecule has 0 bridgehead atoms. The van der Waals surface area contributed by atoms with Gasteiger partial charge in [0.15, 0.2) is 6.61 Å². The van der Waals surface area contributed by atoms with Crippen molar-refractivity contribution in [3.05, 3.63) is 119 Å². The number of unbranched alkanes of at least 4 members (excludes halogenated alkanes) is 1. The lowest BCUT2D eigenvalue weighted by Gasteiger charge is -2.50. The van der Waals surface area contributed by atoms with Crippen molar-refractivity contribution in [3.8, 4) is 11.5 Å². The maximum Gasteiger partial charge on any atom is 0.258 e. The highest BCUT2D eigenvalue weighted by atomic mass is 35.5. The van der Waals surface area contributed by atoms with Crippen LogP contribution in [-0.2, 0) is 20.8 Å². The third-order valence-corrected chi connectivity index (χ3v) is 13.8. The Morgan fingerprint density at radius 3 is 2.08 bits per heavy atom. The van der Waals surface area contributed by atoms with Crippen LogP contribution in [0.3, 0.4) is 0 Å². The lowest BCUT2D eigenvalue weighted by Crippen LogP contribution is -2.43. The van der Waals surface area contributed by atoms with Gasteiger partial charge in [0.05, 0.1) is 17.5 Å². The van der Waals surface area contributed by atoms with E-state index in [0.717, 1.165) is 57.7 Å². The Kier molecular flexibility index (Phi) is 16.5. The fourth-order valence-corrected chi connectivity index (χ4v) is 10.2. The van der Waals surface area contributed by atoms with Gasteiger partial charge in [0.25, 0.3) is 17.7 Å². The number of likely N-dealkylation sites (N-methyl/N-ethyl adjacent to an activating group) is 1. The van der Waals surface area contributed by atoms with Gasteiger partial charge in [0.2, 0.25) is 0 Å². The number of phenolic OH excluding ortho intramolecular Hbond substituents is 1. The summed E-state index contributed by atoms with van der Waals surface area (Å²) < 4.78 is 5.35. The van der Waals surface area contributed by atoms with Crippen LogP contribution in [0.25, 0.3) is 0 Å². The minimum Gasteiger partial charge on any atom is -0.508 e. The molecule has 62 heavy (non-hydrogen) atoms. The number of anilines is 2. The zero-order valence-corrected chi connectivity index (χ0v) is 37.6. The molecule has 332 valence electrons. The number of aryl methyl sites for hydroxylation is 1. The summed E-state index contributed by atoms with van der Waals surface area (Å²) in [7, 11) is 0. The lowest BCUT2D eigenvalue weighted by atomic mass is 9.55. The number of fused-ring (bicyclic) bond motifs is 5. The minimum atomic E-state index is -0.588. The number of aliphatic hydroxyl groups is 1. The molecule has 8 rings (SSSR count). The first-order valence-electron chi connectivity index (χ1n) is 22.6. The van der Waals surface area contributed by atoms with Crippen molar-refractivity contribution in [3.63, 3.8) is 0 Å². The molecule has 10 nitrogen and oxygen atoms in total.